The van der Waals surface area contributed by atoms with Crippen LogP contribution in [0.3, 0.4) is 0 Å². The van der Waals surface area contributed by atoms with Gasteiger partial charge in [-0.25, -0.2) is 4.39 Å². The van der Waals surface area contributed by atoms with E-state index < -0.39 is 5.82 Å². The van der Waals surface area contributed by atoms with Crippen molar-refractivity contribution >= 4 is 5.91 Å². The Balaban J connectivity index is 1.89. The Bertz CT molecular complexity index is 488. The summed E-state index contributed by atoms with van der Waals surface area (Å²) in [6.07, 6.45) is 0.601. The van der Waals surface area contributed by atoms with Gasteiger partial charge in [0, 0.05) is 19.1 Å². The zero-order chi connectivity index (χ0) is 15.2. The van der Waals surface area contributed by atoms with Gasteiger partial charge >= 0.3 is 0 Å². The van der Waals surface area contributed by atoms with Crippen LogP contribution in [0.1, 0.15) is 12.5 Å². The topological polar surface area (TPSA) is 64.8 Å². The van der Waals surface area contributed by atoms with Gasteiger partial charge in [-0.2, -0.15) is 0 Å². The molecule has 0 radical (unpaired) electrons. The predicted molar refractivity (Wildman–Crippen MR) is 76.6 cm³/mol. The summed E-state index contributed by atoms with van der Waals surface area (Å²) in [5.41, 5.74) is 6.49. The second-order valence-corrected chi connectivity index (χ2v) is 5.23. The number of nitrogens with two attached hydrogens (primary N) is 1. The number of ether oxygens (including phenoxy) is 2. The molecule has 1 heterocycles. The Morgan fingerprint density at radius 2 is 2.19 bits per heavy atom. The monoisotopic (exact) mass is 296 g/mol. The van der Waals surface area contributed by atoms with Crippen molar-refractivity contribution in [3.05, 3.63) is 29.6 Å². The Morgan fingerprint density at radius 3 is 2.81 bits per heavy atom. The second kappa shape index (κ2) is 7.38. The van der Waals surface area contributed by atoms with E-state index in [2.05, 4.69) is 0 Å². The van der Waals surface area contributed by atoms with E-state index in [1.54, 1.807) is 17.0 Å². The first-order chi connectivity index (χ1) is 10.1. The molecule has 1 aliphatic heterocycles. The summed E-state index contributed by atoms with van der Waals surface area (Å²) in [7, 11) is 0. The van der Waals surface area contributed by atoms with Crippen LogP contribution in [0, 0.1) is 5.82 Å². The molecule has 116 valence electrons. The first-order valence-corrected chi connectivity index (χ1v) is 7.08. The Labute approximate surface area is 123 Å². The van der Waals surface area contributed by atoms with Crippen LogP contribution in [0.4, 0.5) is 4.39 Å². The van der Waals surface area contributed by atoms with Crippen LogP contribution in [-0.4, -0.2) is 49.8 Å². The Hall–Kier alpha value is -1.66. The lowest BCUT2D eigenvalue weighted by molar-refractivity contribution is -0.137. The number of rotatable bonds is 5. The van der Waals surface area contributed by atoms with E-state index in [1.807, 2.05) is 6.92 Å². The summed E-state index contributed by atoms with van der Waals surface area (Å²) in [6, 6.07) is 4.68. The van der Waals surface area contributed by atoms with Crippen molar-refractivity contribution in [3.63, 3.8) is 0 Å². The number of amides is 1. The molecule has 1 atom stereocenters. The molecule has 0 bridgehead atoms. The van der Waals surface area contributed by atoms with Gasteiger partial charge in [-0.3, -0.25) is 4.79 Å². The molecule has 21 heavy (non-hydrogen) atoms. The molecule has 2 rings (SSSR count). The van der Waals surface area contributed by atoms with E-state index in [0.29, 0.717) is 32.7 Å². The number of nitrogens with zero attached hydrogens (tertiary/aromatic N) is 1. The number of hydrogen-bond acceptors (Lipinski definition) is 4. The highest BCUT2D eigenvalue weighted by molar-refractivity contribution is 5.77. The summed E-state index contributed by atoms with van der Waals surface area (Å²) < 4.78 is 24.3. The molecular formula is C15H21FN2O3. The van der Waals surface area contributed by atoms with Crippen LogP contribution in [0.15, 0.2) is 18.2 Å². The first kappa shape index (κ1) is 15.7. The number of benzene rings is 1. The van der Waals surface area contributed by atoms with Crippen LogP contribution in [0.5, 0.6) is 5.75 Å². The molecule has 1 fully saturated rings. The minimum absolute atomic E-state index is 0.0286. The molecule has 2 N–H and O–H groups in total. The predicted octanol–water partition coefficient (Wildman–Crippen LogP) is 0.953. The van der Waals surface area contributed by atoms with Crippen molar-refractivity contribution < 1.29 is 18.7 Å². The third kappa shape index (κ3) is 4.68. The fraction of sp³-hybridized carbons (Fsp3) is 0.533. The van der Waals surface area contributed by atoms with Crippen molar-refractivity contribution in [3.8, 4) is 5.75 Å². The standard InChI is InChI=1S/C15H21FN2O3/c1-11(17)8-12-2-3-14(13(16)9-12)21-10-15(19)18-4-6-20-7-5-18/h2-3,9,11H,4-8,10,17H2,1H3. The lowest BCUT2D eigenvalue weighted by atomic mass is 10.1. The van der Waals surface area contributed by atoms with Crippen LogP contribution in [0.2, 0.25) is 0 Å². The van der Waals surface area contributed by atoms with Crippen molar-refractivity contribution in [2.24, 2.45) is 5.73 Å². The fourth-order valence-electron chi connectivity index (χ4n) is 2.20. The second-order valence-electron chi connectivity index (χ2n) is 5.23. The SMILES string of the molecule is CC(N)Cc1ccc(OCC(=O)N2CCOCC2)c(F)c1. The van der Waals surface area contributed by atoms with Crippen LogP contribution >= 0.6 is 0 Å². The van der Waals surface area contributed by atoms with Crippen LogP contribution in [0.25, 0.3) is 0 Å². The van der Waals surface area contributed by atoms with Gasteiger partial charge in [-0.05, 0) is 31.0 Å². The molecule has 0 saturated carbocycles. The molecule has 0 aromatic heterocycles. The summed E-state index contributed by atoms with van der Waals surface area (Å²) in [4.78, 5) is 13.6. The lowest BCUT2D eigenvalue weighted by Gasteiger charge is -2.26. The lowest BCUT2D eigenvalue weighted by Crippen LogP contribution is -2.43. The maximum Gasteiger partial charge on any atom is 0.260 e. The first-order valence-electron chi connectivity index (χ1n) is 7.08. The number of morpholine rings is 1. The normalized spacial score (nSPS) is 16.6. The van der Waals surface area contributed by atoms with Gasteiger partial charge in [0.2, 0.25) is 0 Å². The highest BCUT2D eigenvalue weighted by Gasteiger charge is 2.17. The number of carbonyl (C=O) groups is 1. The molecule has 6 heteroatoms. The fourth-order valence-corrected chi connectivity index (χ4v) is 2.20. The molecule has 1 amide bonds. The number of carbonyl (C=O) groups excluding carboxylic acids is 1. The molecule has 1 aromatic carbocycles. The molecule has 1 unspecified atom stereocenters. The van der Waals surface area contributed by atoms with Gasteiger partial charge in [0.05, 0.1) is 13.2 Å². The van der Waals surface area contributed by atoms with Gasteiger partial charge in [0.15, 0.2) is 18.2 Å². The van der Waals surface area contributed by atoms with Crippen LogP contribution in [-0.2, 0) is 16.0 Å². The molecule has 0 spiro atoms. The highest BCUT2D eigenvalue weighted by atomic mass is 19.1. The number of halogens is 1. The smallest absolute Gasteiger partial charge is 0.260 e. The van der Waals surface area contributed by atoms with E-state index >= 15 is 0 Å². The van der Waals surface area contributed by atoms with Crippen molar-refractivity contribution in [1.82, 2.24) is 4.90 Å². The minimum atomic E-state index is -0.470. The molecule has 1 aliphatic rings. The maximum absolute atomic E-state index is 13.9. The van der Waals surface area contributed by atoms with Crippen molar-refractivity contribution in [2.75, 3.05) is 32.9 Å². The van der Waals surface area contributed by atoms with Crippen molar-refractivity contribution in [1.29, 1.82) is 0 Å². The Kier molecular flexibility index (Phi) is 5.52. The van der Waals surface area contributed by atoms with Gasteiger partial charge in [0.25, 0.3) is 5.91 Å². The van der Waals surface area contributed by atoms with Gasteiger partial charge in [-0.1, -0.05) is 6.07 Å². The molecular weight excluding hydrogens is 275 g/mol. The Morgan fingerprint density at radius 1 is 1.48 bits per heavy atom. The zero-order valence-corrected chi connectivity index (χ0v) is 12.2. The molecule has 1 saturated heterocycles. The van der Waals surface area contributed by atoms with E-state index in [1.165, 1.54) is 6.07 Å². The molecule has 0 aliphatic carbocycles. The number of hydrogen-bond donors (Lipinski definition) is 1. The summed E-state index contributed by atoms with van der Waals surface area (Å²) in [5.74, 6) is -0.537. The van der Waals surface area contributed by atoms with E-state index in [0.717, 1.165) is 5.56 Å². The van der Waals surface area contributed by atoms with E-state index in [-0.39, 0.29) is 24.3 Å². The van der Waals surface area contributed by atoms with Crippen molar-refractivity contribution in [2.45, 2.75) is 19.4 Å². The van der Waals surface area contributed by atoms with E-state index in [9.17, 15) is 9.18 Å². The van der Waals surface area contributed by atoms with Gasteiger partial charge in [-0.15, -0.1) is 0 Å². The third-order valence-electron chi connectivity index (χ3n) is 3.27. The third-order valence-corrected chi connectivity index (χ3v) is 3.27. The minimum Gasteiger partial charge on any atom is -0.481 e. The summed E-state index contributed by atoms with van der Waals surface area (Å²) in [6.45, 7) is 3.88. The zero-order valence-electron chi connectivity index (χ0n) is 12.2. The van der Waals surface area contributed by atoms with Gasteiger partial charge < -0.3 is 20.1 Å². The average Bonchev–Trinajstić information content (AvgIpc) is 2.46. The van der Waals surface area contributed by atoms with E-state index in [4.69, 9.17) is 15.2 Å². The average molecular weight is 296 g/mol. The van der Waals surface area contributed by atoms with Crippen LogP contribution < -0.4 is 10.5 Å². The largest absolute Gasteiger partial charge is 0.481 e. The molecule has 5 nitrogen and oxygen atoms in total. The summed E-state index contributed by atoms with van der Waals surface area (Å²) >= 11 is 0. The quantitative estimate of drug-likeness (QED) is 0.879. The van der Waals surface area contributed by atoms with Gasteiger partial charge in [0.1, 0.15) is 0 Å². The maximum atomic E-state index is 13.9. The summed E-state index contributed by atoms with van der Waals surface area (Å²) in [5, 5.41) is 0. The molecule has 1 aromatic rings. The highest BCUT2D eigenvalue weighted by Crippen LogP contribution is 2.19.